The van der Waals surface area contributed by atoms with Crippen LogP contribution in [-0.2, 0) is 12.8 Å². The van der Waals surface area contributed by atoms with E-state index in [-0.39, 0.29) is 0 Å². The van der Waals surface area contributed by atoms with E-state index in [4.69, 9.17) is 10.7 Å². The molecule has 0 unspecified atom stereocenters. The van der Waals surface area contributed by atoms with E-state index in [1.54, 1.807) is 0 Å². The quantitative estimate of drug-likeness (QED) is 0.747. The summed E-state index contributed by atoms with van der Waals surface area (Å²) in [5, 5.41) is 10.9. The molecule has 3 aromatic rings. The van der Waals surface area contributed by atoms with Crippen molar-refractivity contribution in [2.45, 2.75) is 33.1 Å². The Morgan fingerprint density at radius 3 is 2.76 bits per heavy atom. The topological polar surface area (TPSA) is 64.7 Å². The van der Waals surface area contributed by atoms with Crippen LogP contribution in [0.25, 0.3) is 21.5 Å². The fraction of sp³-hybridized carbons (Fsp3) is 0.312. The summed E-state index contributed by atoms with van der Waals surface area (Å²) in [6.07, 6.45) is 3.29. The second-order valence-corrected chi connectivity index (χ2v) is 6.62. The van der Waals surface area contributed by atoms with E-state index in [0.717, 1.165) is 29.8 Å². The third-order valence-electron chi connectivity index (χ3n) is 4.36. The summed E-state index contributed by atoms with van der Waals surface area (Å²) < 4.78 is 0. The molecule has 21 heavy (non-hydrogen) atoms. The molecule has 1 aliphatic rings. The van der Waals surface area contributed by atoms with Gasteiger partial charge in [0.2, 0.25) is 5.13 Å². The molecule has 2 heterocycles. The molecule has 0 atom stereocenters. The van der Waals surface area contributed by atoms with E-state index >= 15 is 0 Å². The summed E-state index contributed by atoms with van der Waals surface area (Å²) in [5.41, 5.74) is 13.2. The molecule has 0 aliphatic heterocycles. The van der Waals surface area contributed by atoms with Gasteiger partial charge in [0.25, 0.3) is 0 Å². The summed E-state index contributed by atoms with van der Waals surface area (Å²) in [4.78, 5) is 4.93. The van der Waals surface area contributed by atoms with E-state index in [9.17, 15) is 0 Å². The zero-order valence-corrected chi connectivity index (χ0v) is 12.9. The zero-order chi connectivity index (χ0) is 14.6. The van der Waals surface area contributed by atoms with Crippen molar-refractivity contribution in [1.29, 1.82) is 0 Å². The van der Waals surface area contributed by atoms with Gasteiger partial charge in [0.15, 0.2) is 5.01 Å². The summed E-state index contributed by atoms with van der Waals surface area (Å²) in [7, 11) is 0. The van der Waals surface area contributed by atoms with E-state index in [0.29, 0.717) is 5.13 Å². The number of nitrogens with two attached hydrogens (primary N) is 1. The summed E-state index contributed by atoms with van der Waals surface area (Å²) in [6.45, 7) is 4.27. The second-order valence-electron chi connectivity index (χ2n) is 5.61. The van der Waals surface area contributed by atoms with E-state index in [1.807, 2.05) is 0 Å². The number of anilines is 1. The summed E-state index contributed by atoms with van der Waals surface area (Å²) >= 11 is 1.46. The number of nitrogen functional groups attached to an aromatic ring is 1. The van der Waals surface area contributed by atoms with Crippen molar-refractivity contribution in [3.63, 3.8) is 0 Å². The Morgan fingerprint density at radius 2 is 2.00 bits per heavy atom. The van der Waals surface area contributed by atoms with Crippen molar-refractivity contribution < 1.29 is 0 Å². The molecule has 106 valence electrons. The maximum Gasteiger partial charge on any atom is 0.203 e. The molecule has 1 aromatic carbocycles. The maximum absolute atomic E-state index is 5.79. The highest BCUT2D eigenvalue weighted by atomic mass is 32.1. The highest BCUT2D eigenvalue weighted by Crippen LogP contribution is 2.39. The molecular formula is C16H16N4S. The number of fused-ring (bicyclic) bond motifs is 2. The van der Waals surface area contributed by atoms with Gasteiger partial charge in [-0.2, -0.15) is 0 Å². The highest BCUT2D eigenvalue weighted by molar-refractivity contribution is 7.18. The molecule has 2 aromatic heterocycles. The smallest absolute Gasteiger partial charge is 0.203 e. The molecule has 2 N–H and O–H groups in total. The summed E-state index contributed by atoms with van der Waals surface area (Å²) in [6, 6.07) is 4.32. The molecule has 4 rings (SSSR count). The lowest BCUT2D eigenvalue weighted by Gasteiger charge is -2.13. The van der Waals surface area contributed by atoms with Crippen molar-refractivity contribution in [1.82, 2.24) is 15.2 Å². The first-order chi connectivity index (χ1) is 10.1. The predicted octanol–water partition coefficient (Wildman–Crippen LogP) is 3.44. The molecule has 0 amide bonds. The van der Waals surface area contributed by atoms with Gasteiger partial charge in [0.05, 0.1) is 5.52 Å². The van der Waals surface area contributed by atoms with E-state index in [1.165, 1.54) is 44.7 Å². The zero-order valence-electron chi connectivity index (χ0n) is 12.1. The van der Waals surface area contributed by atoms with Gasteiger partial charge in [-0.15, -0.1) is 10.2 Å². The van der Waals surface area contributed by atoms with Crippen molar-refractivity contribution in [3.05, 3.63) is 34.5 Å². The van der Waals surface area contributed by atoms with Crippen LogP contribution in [0.1, 0.15) is 28.8 Å². The lowest BCUT2D eigenvalue weighted by atomic mass is 9.97. The highest BCUT2D eigenvalue weighted by Gasteiger charge is 2.23. The van der Waals surface area contributed by atoms with Crippen molar-refractivity contribution in [2.75, 3.05) is 5.73 Å². The average Bonchev–Trinajstić information content (AvgIpc) is 3.09. The first kappa shape index (κ1) is 12.7. The first-order valence-electron chi connectivity index (χ1n) is 7.16. The Balaban J connectivity index is 2.15. The van der Waals surface area contributed by atoms with Gasteiger partial charge in [-0.3, -0.25) is 4.98 Å². The monoisotopic (exact) mass is 296 g/mol. The van der Waals surface area contributed by atoms with Crippen LogP contribution in [-0.4, -0.2) is 15.2 Å². The molecule has 0 spiro atoms. The minimum Gasteiger partial charge on any atom is -0.374 e. The molecule has 0 bridgehead atoms. The largest absolute Gasteiger partial charge is 0.374 e. The van der Waals surface area contributed by atoms with Crippen molar-refractivity contribution in [2.24, 2.45) is 0 Å². The lowest BCUT2D eigenvalue weighted by Crippen LogP contribution is -1.98. The SMILES string of the molecule is Cc1ccc2c(-c3nnc(N)s3)c3c(nc2c1C)CCC3. The van der Waals surface area contributed by atoms with Gasteiger partial charge in [-0.05, 0) is 49.8 Å². The average molecular weight is 296 g/mol. The van der Waals surface area contributed by atoms with Crippen molar-refractivity contribution in [3.8, 4) is 10.6 Å². The number of aromatic nitrogens is 3. The standard InChI is InChI=1S/C16H16N4S/c1-8-6-7-11-13(15-19-20-16(17)21-15)10-4-3-5-12(10)18-14(11)9(8)2/h6-7H,3-5H2,1-2H3,(H2,17,20). The Labute approximate surface area is 127 Å². The Kier molecular flexibility index (Phi) is 2.72. The van der Waals surface area contributed by atoms with Gasteiger partial charge in [-0.25, -0.2) is 0 Å². The molecule has 0 radical (unpaired) electrons. The van der Waals surface area contributed by atoms with Crippen LogP contribution in [0.2, 0.25) is 0 Å². The van der Waals surface area contributed by atoms with E-state index < -0.39 is 0 Å². The number of nitrogens with zero attached hydrogens (tertiary/aromatic N) is 3. The van der Waals surface area contributed by atoms with Crippen LogP contribution in [0, 0.1) is 13.8 Å². The third kappa shape index (κ3) is 1.84. The van der Waals surface area contributed by atoms with Crippen molar-refractivity contribution >= 4 is 27.4 Å². The number of rotatable bonds is 1. The summed E-state index contributed by atoms with van der Waals surface area (Å²) in [5.74, 6) is 0. The minimum atomic E-state index is 0.519. The van der Waals surface area contributed by atoms with Gasteiger partial charge >= 0.3 is 0 Å². The number of benzene rings is 1. The van der Waals surface area contributed by atoms with Gasteiger partial charge in [0.1, 0.15) is 0 Å². The molecule has 4 nitrogen and oxygen atoms in total. The normalized spacial score (nSPS) is 13.8. The number of pyridine rings is 1. The third-order valence-corrected chi connectivity index (χ3v) is 5.13. The fourth-order valence-corrected chi connectivity index (χ4v) is 3.84. The van der Waals surface area contributed by atoms with Crippen LogP contribution in [0.15, 0.2) is 12.1 Å². The molecular weight excluding hydrogens is 280 g/mol. The second kappa shape index (κ2) is 4.49. The molecule has 0 saturated heterocycles. The van der Waals surface area contributed by atoms with Crippen LogP contribution in [0.4, 0.5) is 5.13 Å². The predicted molar refractivity (Wildman–Crippen MR) is 86.6 cm³/mol. The number of hydrogen-bond donors (Lipinski definition) is 1. The van der Waals surface area contributed by atoms with Crippen LogP contribution >= 0.6 is 11.3 Å². The Morgan fingerprint density at radius 1 is 1.14 bits per heavy atom. The van der Waals surface area contributed by atoms with Gasteiger partial charge in [-0.1, -0.05) is 23.5 Å². The fourth-order valence-electron chi connectivity index (χ4n) is 3.14. The van der Waals surface area contributed by atoms with Crippen LogP contribution < -0.4 is 5.73 Å². The lowest BCUT2D eigenvalue weighted by molar-refractivity contribution is 0.901. The maximum atomic E-state index is 5.79. The number of hydrogen-bond acceptors (Lipinski definition) is 5. The minimum absolute atomic E-state index is 0.519. The molecule has 0 fully saturated rings. The van der Waals surface area contributed by atoms with Crippen LogP contribution in [0.3, 0.4) is 0 Å². The Hall–Kier alpha value is -2.01. The first-order valence-corrected chi connectivity index (χ1v) is 7.98. The molecule has 5 heteroatoms. The van der Waals surface area contributed by atoms with Gasteiger partial charge < -0.3 is 5.73 Å². The number of aryl methyl sites for hydroxylation is 3. The van der Waals surface area contributed by atoms with Crippen LogP contribution in [0.5, 0.6) is 0 Å². The van der Waals surface area contributed by atoms with E-state index in [2.05, 4.69) is 36.2 Å². The molecule has 0 saturated carbocycles. The van der Waals surface area contributed by atoms with Gasteiger partial charge in [0, 0.05) is 16.6 Å². The Bertz CT molecular complexity index is 866. The molecule has 1 aliphatic carbocycles.